The van der Waals surface area contributed by atoms with E-state index in [2.05, 4.69) is 10.3 Å². The zero-order valence-electron chi connectivity index (χ0n) is 13.5. The maximum Gasteiger partial charge on any atom is 0.330 e. The summed E-state index contributed by atoms with van der Waals surface area (Å²) in [7, 11) is 0. The van der Waals surface area contributed by atoms with Crippen molar-refractivity contribution < 1.29 is 13.2 Å². The minimum Gasteiger partial charge on any atom is -0.366 e. The number of aromatic amines is 1. The summed E-state index contributed by atoms with van der Waals surface area (Å²) < 4.78 is 41.3. The van der Waals surface area contributed by atoms with Crippen LogP contribution in [-0.2, 0) is 0 Å². The Morgan fingerprint density at radius 1 is 1.22 bits per heavy atom. The van der Waals surface area contributed by atoms with E-state index in [1.54, 1.807) is 20.8 Å². The predicted octanol–water partition coefficient (Wildman–Crippen LogP) is 2.88. The molecule has 130 valence electrons. The van der Waals surface area contributed by atoms with E-state index in [1.165, 1.54) is 0 Å². The summed E-state index contributed by atoms with van der Waals surface area (Å²) in [6, 6.07) is -0.793. The molecule has 0 spiro atoms. The fourth-order valence-corrected chi connectivity index (χ4v) is 3.00. The molecule has 1 aliphatic carbocycles. The van der Waals surface area contributed by atoms with Crippen molar-refractivity contribution in [2.24, 2.45) is 5.92 Å². The summed E-state index contributed by atoms with van der Waals surface area (Å²) in [6.07, 6.45) is 0.238. The SMILES string of the molecule is CC(Nc1[nH]c(=O)n(C(C)C)c(=O)c1F)C1CCC(F)(F)CC1. The van der Waals surface area contributed by atoms with E-state index in [-0.39, 0.29) is 30.6 Å². The van der Waals surface area contributed by atoms with Crippen LogP contribution in [0.5, 0.6) is 0 Å². The van der Waals surface area contributed by atoms with Gasteiger partial charge in [0.25, 0.3) is 5.56 Å². The second-order valence-corrected chi connectivity index (χ2v) is 6.51. The van der Waals surface area contributed by atoms with Crippen LogP contribution in [0.2, 0.25) is 0 Å². The second-order valence-electron chi connectivity index (χ2n) is 6.51. The highest BCUT2D eigenvalue weighted by Crippen LogP contribution is 2.37. The summed E-state index contributed by atoms with van der Waals surface area (Å²) in [6.45, 7) is 4.95. The number of aromatic nitrogens is 2. The Labute approximate surface area is 131 Å². The van der Waals surface area contributed by atoms with Crippen LogP contribution >= 0.6 is 0 Å². The second kappa shape index (κ2) is 6.41. The maximum absolute atomic E-state index is 14.2. The standard InChI is InChI=1S/C15H22F3N3O2/c1-8(2)21-13(22)11(16)12(20-14(21)23)19-9(3)10-4-6-15(17,18)7-5-10/h8-10,19H,4-7H2,1-3H3,(H,20,23). The molecule has 8 heteroatoms. The first-order chi connectivity index (χ1) is 10.6. The van der Waals surface area contributed by atoms with Gasteiger partial charge in [-0.3, -0.25) is 14.3 Å². The molecule has 1 fully saturated rings. The lowest BCUT2D eigenvalue weighted by molar-refractivity contribution is -0.0469. The molecular weight excluding hydrogens is 311 g/mol. The molecule has 1 atom stereocenters. The summed E-state index contributed by atoms with van der Waals surface area (Å²) in [5.74, 6) is -4.04. The largest absolute Gasteiger partial charge is 0.366 e. The molecule has 0 aromatic carbocycles. The molecule has 0 saturated heterocycles. The van der Waals surface area contributed by atoms with Gasteiger partial charge in [-0.15, -0.1) is 0 Å². The van der Waals surface area contributed by atoms with Crippen molar-refractivity contribution in [3.8, 4) is 0 Å². The third-order valence-corrected chi connectivity index (χ3v) is 4.43. The molecule has 2 rings (SSSR count). The fraction of sp³-hybridized carbons (Fsp3) is 0.733. The Hall–Kier alpha value is -1.73. The molecule has 0 aliphatic heterocycles. The minimum atomic E-state index is -2.63. The number of hydrogen-bond donors (Lipinski definition) is 2. The number of nitrogens with zero attached hydrogens (tertiary/aromatic N) is 1. The van der Waals surface area contributed by atoms with E-state index in [0.717, 1.165) is 4.57 Å². The van der Waals surface area contributed by atoms with E-state index < -0.39 is 29.0 Å². The van der Waals surface area contributed by atoms with Crippen molar-refractivity contribution in [2.45, 2.75) is 64.5 Å². The van der Waals surface area contributed by atoms with Gasteiger partial charge in [-0.1, -0.05) is 0 Å². The molecule has 1 aliphatic rings. The molecule has 1 saturated carbocycles. The molecule has 5 nitrogen and oxygen atoms in total. The van der Waals surface area contributed by atoms with E-state index in [0.29, 0.717) is 12.8 Å². The van der Waals surface area contributed by atoms with Crippen LogP contribution in [0.25, 0.3) is 0 Å². The Kier molecular flexibility index (Phi) is 4.91. The Balaban J connectivity index is 2.18. The van der Waals surface area contributed by atoms with Crippen LogP contribution in [0.15, 0.2) is 9.59 Å². The number of H-pyrrole nitrogens is 1. The van der Waals surface area contributed by atoms with E-state index >= 15 is 0 Å². The lowest BCUT2D eigenvalue weighted by Gasteiger charge is -2.32. The van der Waals surface area contributed by atoms with Gasteiger partial charge in [0.15, 0.2) is 0 Å². The van der Waals surface area contributed by atoms with Gasteiger partial charge in [0.05, 0.1) is 0 Å². The number of alkyl halides is 2. The molecule has 0 amide bonds. The first-order valence-electron chi connectivity index (χ1n) is 7.81. The van der Waals surface area contributed by atoms with Crippen molar-refractivity contribution in [1.29, 1.82) is 0 Å². The Morgan fingerprint density at radius 2 is 1.78 bits per heavy atom. The molecule has 1 unspecified atom stereocenters. The Bertz CT molecular complexity index is 672. The van der Waals surface area contributed by atoms with Crippen LogP contribution in [0.1, 0.15) is 52.5 Å². The van der Waals surface area contributed by atoms with Crippen LogP contribution < -0.4 is 16.6 Å². The lowest BCUT2D eigenvalue weighted by Crippen LogP contribution is -2.41. The topological polar surface area (TPSA) is 66.9 Å². The van der Waals surface area contributed by atoms with Gasteiger partial charge in [0.2, 0.25) is 11.7 Å². The minimum absolute atomic E-state index is 0.0648. The number of halogens is 3. The summed E-state index contributed by atoms with van der Waals surface area (Å²) in [4.78, 5) is 26.1. The van der Waals surface area contributed by atoms with Gasteiger partial charge in [-0.05, 0) is 39.5 Å². The average Bonchev–Trinajstić information content (AvgIpc) is 2.43. The van der Waals surface area contributed by atoms with Crippen molar-refractivity contribution in [3.63, 3.8) is 0 Å². The van der Waals surface area contributed by atoms with Crippen molar-refractivity contribution in [2.75, 3.05) is 5.32 Å². The zero-order chi connectivity index (χ0) is 17.4. The first kappa shape index (κ1) is 17.6. The lowest BCUT2D eigenvalue weighted by atomic mass is 9.82. The zero-order valence-corrected chi connectivity index (χ0v) is 13.5. The van der Waals surface area contributed by atoms with Crippen molar-refractivity contribution in [3.05, 3.63) is 26.7 Å². The van der Waals surface area contributed by atoms with Crippen molar-refractivity contribution in [1.82, 2.24) is 9.55 Å². The van der Waals surface area contributed by atoms with Crippen LogP contribution in [-0.4, -0.2) is 21.5 Å². The summed E-state index contributed by atoms with van der Waals surface area (Å²) in [5.41, 5.74) is -1.69. The third-order valence-electron chi connectivity index (χ3n) is 4.43. The monoisotopic (exact) mass is 333 g/mol. The van der Waals surface area contributed by atoms with Crippen molar-refractivity contribution >= 4 is 5.82 Å². The highest BCUT2D eigenvalue weighted by Gasteiger charge is 2.36. The van der Waals surface area contributed by atoms with Crippen LogP contribution in [0.4, 0.5) is 19.0 Å². The van der Waals surface area contributed by atoms with E-state index in [1.807, 2.05) is 0 Å². The number of rotatable bonds is 4. The summed E-state index contributed by atoms with van der Waals surface area (Å²) >= 11 is 0. The van der Waals surface area contributed by atoms with Crippen LogP contribution in [0.3, 0.4) is 0 Å². The molecule has 0 bridgehead atoms. The number of anilines is 1. The maximum atomic E-state index is 14.2. The first-order valence-corrected chi connectivity index (χ1v) is 7.81. The fourth-order valence-electron chi connectivity index (χ4n) is 3.00. The number of nitrogens with one attached hydrogen (secondary N) is 2. The molecule has 1 aromatic heterocycles. The van der Waals surface area contributed by atoms with Gasteiger partial charge in [0, 0.05) is 24.9 Å². The predicted molar refractivity (Wildman–Crippen MR) is 81.7 cm³/mol. The quantitative estimate of drug-likeness (QED) is 0.890. The molecule has 1 aromatic rings. The third kappa shape index (κ3) is 3.79. The summed E-state index contributed by atoms with van der Waals surface area (Å²) in [5, 5.41) is 2.77. The average molecular weight is 333 g/mol. The molecular formula is C15H22F3N3O2. The normalized spacial score (nSPS) is 19.8. The smallest absolute Gasteiger partial charge is 0.330 e. The molecule has 23 heavy (non-hydrogen) atoms. The van der Waals surface area contributed by atoms with Crippen LogP contribution in [0, 0.1) is 11.7 Å². The van der Waals surface area contributed by atoms with Gasteiger partial charge < -0.3 is 5.32 Å². The van der Waals surface area contributed by atoms with Gasteiger partial charge in [-0.25, -0.2) is 13.6 Å². The van der Waals surface area contributed by atoms with Gasteiger partial charge >= 0.3 is 5.69 Å². The highest BCUT2D eigenvalue weighted by molar-refractivity contribution is 5.35. The highest BCUT2D eigenvalue weighted by atomic mass is 19.3. The van der Waals surface area contributed by atoms with Gasteiger partial charge in [-0.2, -0.15) is 4.39 Å². The molecule has 2 N–H and O–H groups in total. The number of hydrogen-bond acceptors (Lipinski definition) is 3. The van der Waals surface area contributed by atoms with E-state index in [4.69, 9.17) is 0 Å². The van der Waals surface area contributed by atoms with E-state index in [9.17, 15) is 22.8 Å². The van der Waals surface area contributed by atoms with Gasteiger partial charge in [0.1, 0.15) is 5.82 Å². The molecule has 1 heterocycles. The molecule has 0 radical (unpaired) electrons. The Morgan fingerprint density at radius 3 is 2.30 bits per heavy atom.